The lowest BCUT2D eigenvalue weighted by Gasteiger charge is -2.00. The quantitative estimate of drug-likeness (QED) is 0.801. The number of benzene rings is 1. The van der Waals surface area contributed by atoms with Gasteiger partial charge in [0.2, 0.25) is 0 Å². The Balaban J connectivity index is 0.000000511. The molecule has 1 aromatic rings. The molecule has 6 nitrogen and oxygen atoms in total. The Morgan fingerprint density at radius 3 is 1.55 bits per heavy atom. The van der Waals surface area contributed by atoms with Crippen molar-refractivity contribution in [2.45, 2.75) is 19.4 Å². The first-order valence-corrected chi connectivity index (χ1v) is 6.01. The average molecular weight is 284 g/mol. The number of esters is 2. The van der Waals surface area contributed by atoms with Gasteiger partial charge in [0.25, 0.3) is 0 Å². The monoisotopic (exact) mass is 284 g/mol. The van der Waals surface area contributed by atoms with Crippen LogP contribution >= 0.6 is 0 Å². The predicted molar refractivity (Wildman–Crippen MR) is 72.5 cm³/mol. The summed E-state index contributed by atoms with van der Waals surface area (Å²) in [6, 6.07) is 6.05. The Morgan fingerprint density at radius 2 is 1.40 bits per heavy atom. The van der Waals surface area contributed by atoms with E-state index in [9.17, 15) is 9.59 Å². The van der Waals surface area contributed by atoms with E-state index in [0.29, 0.717) is 17.5 Å². The van der Waals surface area contributed by atoms with E-state index in [1.807, 2.05) is 0 Å². The largest absolute Gasteiger partial charge is 0.465 e. The number of ether oxygens (including phenoxy) is 2. The molecule has 0 saturated carbocycles. The summed E-state index contributed by atoms with van der Waals surface area (Å²) in [5, 5.41) is 16.5. The molecule has 0 bridgehead atoms. The number of rotatable bonds is 4. The van der Waals surface area contributed by atoms with Crippen molar-refractivity contribution < 1.29 is 29.3 Å². The molecule has 0 aliphatic rings. The standard InChI is InChI=1S/C10H10O4.C4H10O2/c1-13-9(11)7-3-5-8(6-4-7)10(12)14-2;1-4(6)2-3-5/h3-6H,1-2H3;4-6H,2-3H2,1H3. The van der Waals surface area contributed by atoms with Gasteiger partial charge in [0, 0.05) is 6.61 Å². The summed E-state index contributed by atoms with van der Waals surface area (Å²) < 4.78 is 9.02. The molecular weight excluding hydrogens is 264 g/mol. The molecular formula is C14H20O6. The highest BCUT2D eigenvalue weighted by Gasteiger charge is 2.08. The fourth-order valence-electron chi connectivity index (χ4n) is 1.16. The van der Waals surface area contributed by atoms with Gasteiger partial charge in [-0.1, -0.05) is 0 Å². The molecule has 0 radical (unpaired) electrons. The molecule has 6 heteroatoms. The highest BCUT2D eigenvalue weighted by atomic mass is 16.5. The van der Waals surface area contributed by atoms with Crippen LogP contribution in [0.25, 0.3) is 0 Å². The lowest BCUT2D eigenvalue weighted by atomic mass is 10.1. The Morgan fingerprint density at radius 1 is 1.05 bits per heavy atom. The second-order valence-corrected chi connectivity index (χ2v) is 3.92. The molecule has 112 valence electrons. The van der Waals surface area contributed by atoms with Crippen LogP contribution in [0.5, 0.6) is 0 Å². The van der Waals surface area contributed by atoms with Crippen LogP contribution < -0.4 is 0 Å². The van der Waals surface area contributed by atoms with Gasteiger partial charge in [0.1, 0.15) is 0 Å². The number of hydrogen-bond acceptors (Lipinski definition) is 6. The highest BCUT2D eigenvalue weighted by Crippen LogP contribution is 2.06. The van der Waals surface area contributed by atoms with Gasteiger partial charge in [-0.15, -0.1) is 0 Å². The SMILES string of the molecule is CC(O)CCO.COC(=O)c1ccc(C(=O)OC)cc1. The van der Waals surface area contributed by atoms with E-state index in [4.69, 9.17) is 10.2 Å². The van der Waals surface area contributed by atoms with Crippen LogP contribution in [0.3, 0.4) is 0 Å². The molecule has 0 aliphatic heterocycles. The number of carbonyl (C=O) groups is 2. The summed E-state index contributed by atoms with van der Waals surface area (Å²) in [4.78, 5) is 22.1. The molecule has 2 N–H and O–H groups in total. The van der Waals surface area contributed by atoms with Gasteiger partial charge in [-0.2, -0.15) is 0 Å². The van der Waals surface area contributed by atoms with Crippen LogP contribution in [0.1, 0.15) is 34.1 Å². The van der Waals surface area contributed by atoms with E-state index in [2.05, 4.69) is 9.47 Å². The zero-order chi connectivity index (χ0) is 15.5. The van der Waals surface area contributed by atoms with Crippen molar-refractivity contribution in [2.24, 2.45) is 0 Å². The summed E-state index contributed by atoms with van der Waals surface area (Å²) in [6.45, 7) is 1.73. The first-order chi connectivity index (χ1) is 9.46. The maximum Gasteiger partial charge on any atom is 0.337 e. The minimum atomic E-state index is -0.429. The molecule has 1 aromatic carbocycles. The normalized spacial score (nSPS) is 10.8. The van der Waals surface area contributed by atoms with Gasteiger partial charge < -0.3 is 19.7 Å². The third-order valence-corrected chi connectivity index (χ3v) is 2.27. The maximum absolute atomic E-state index is 11.0. The van der Waals surface area contributed by atoms with Gasteiger partial charge in [0.05, 0.1) is 31.5 Å². The summed E-state index contributed by atoms with van der Waals surface area (Å²) in [5.41, 5.74) is 0.806. The number of carbonyl (C=O) groups excluding carboxylic acids is 2. The Labute approximate surface area is 117 Å². The van der Waals surface area contributed by atoms with Crippen molar-refractivity contribution >= 4 is 11.9 Å². The first-order valence-electron chi connectivity index (χ1n) is 6.01. The van der Waals surface area contributed by atoms with Crippen molar-refractivity contribution in [3.8, 4) is 0 Å². The van der Waals surface area contributed by atoms with Crippen molar-refractivity contribution in [1.29, 1.82) is 0 Å². The van der Waals surface area contributed by atoms with E-state index in [0.717, 1.165) is 0 Å². The molecule has 0 heterocycles. The third kappa shape index (κ3) is 6.86. The van der Waals surface area contributed by atoms with Crippen molar-refractivity contribution in [1.82, 2.24) is 0 Å². The van der Waals surface area contributed by atoms with Crippen LogP contribution in [-0.4, -0.2) is 49.1 Å². The number of hydrogen-bond donors (Lipinski definition) is 2. The molecule has 1 rings (SSSR count). The third-order valence-electron chi connectivity index (χ3n) is 2.27. The Bertz CT molecular complexity index is 375. The van der Waals surface area contributed by atoms with Crippen LogP contribution in [0, 0.1) is 0 Å². The van der Waals surface area contributed by atoms with E-state index in [1.165, 1.54) is 38.5 Å². The molecule has 1 unspecified atom stereocenters. The molecule has 0 aromatic heterocycles. The van der Waals surface area contributed by atoms with Crippen molar-refractivity contribution in [3.05, 3.63) is 35.4 Å². The molecule has 0 amide bonds. The Kier molecular flexibility index (Phi) is 8.98. The first kappa shape index (κ1) is 18.1. The fourth-order valence-corrected chi connectivity index (χ4v) is 1.16. The summed E-state index contributed by atoms with van der Waals surface area (Å²) >= 11 is 0. The van der Waals surface area contributed by atoms with Crippen LogP contribution in [0.4, 0.5) is 0 Å². The van der Waals surface area contributed by atoms with Crippen molar-refractivity contribution in [3.63, 3.8) is 0 Å². The molecule has 1 atom stereocenters. The predicted octanol–water partition coefficient (Wildman–Crippen LogP) is 1.01. The van der Waals surface area contributed by atoms with E-state index in [1.54, 1.807) is 6.92 Å². The molecule has 20 heavy (non-hydrogen) atoms. The summed E-state index contributed by atoms with van der Waals surface area (Å²) in [6.07, 6.45) is 0.134. The second-order valence-electron chi connectivity index (χ2n) is 3.92. The van der Waals surface area contributed by atoms with E-state index in [-0.39, 0.29) is 12.7 Å². The van der Waals surface area contributed by atoms with E-state index >= 15 is 0 Å². The number of methoxy groups -OCH3 is 2. The maximum atomic E-state index is 11.0. The minimum absolute atomic E-state index is 0.0810. The second kappa shape index (κ2) is 9.94. The Hall–Kier alpha value is -1.92. The molecule has 0 spiro atoms. The van der Waals surface area contributed by atoms with Crippen LogP contribution in [0.2, 0.25) is 0 Å². The smallest absolute Gasteiger partial charge is 0.337 e. The molecule has 0 saturated heterocycles. The zero-order valence-electron chi connectivity index (χ0n) is 11.8. The van der Waals surface area contributed by atoms with Crippen molar-refractivity contribution in [2.75, 3.05) is 20.8 Å². The fraction of sp³-hybridized carbons (Fsp3) is 0.429. The number of aliphatic hydroxyl groups is 2. The van der Waals surface area contributed by atoms with Gasteiger partial charge in [-0.3, -0.25) is 0 Å². The lowest BCUT2D eigenvalue weighted by molar-refractivity contribution is 0.0586. The topological polar surface area (TPSA) is 93.1 Å². The van der Waals surface area contributed by atoms with Gasteiger partial charge in [-0.05, 0) is 37.6 Å². The molecule has 0 fully saturated rings. The van der Waals surface area contributed by atoms with Gasteiger partial charge in [-0.25, -0.2) is 9.59 Å². The van der Waals surface area contributed by atoms with Gasteiger partial charge >= 0.3 is 11.9 Å². The summed E-state index contributed by atoms with van der Waals surface area (Å²) in [5.74, 6) is -0.858. The van der Waals surface area contributed by atoms with Gasteiger partial charge in [0.15, 0.2) is 0 Å². The van der Waals surface area contributed by atoms with Crippen LogP contribution in [-0.2, 0) is 9.47 Å². The lowest BCUT2D eigenvalue weighted by Crippen LogP contribution is -2.04. The number of aliphatic hydroxyl groups excluding tert-OH is 2. The zero-order valence-corrected chi connectivity index (χ0v) is 11.8. The average Bonchev–Trinajstić information content (AvgIpc) is 2.46. The van der Waals surface area contributed by atoms with Crippen LogP contribution in [0.15, 0.2) is 24.3 Å². The minimum Gasteiger partial charge on any atom is -0.465 e. The summed E-state index contributed by atoms with van der Waals surface area (Å²) in [7, 11) is 2.60. The molecule has 0 aliphatic carbocycles. The highest BCUT2D eigenvalue weighted by molar-refractivity contribution is 5.93. The van der Waals surface area contributed by atoms with E-state index < -0.39 is 11.9 Å².